The van der Waals surface area contributed by atoms with E-state index in [2.05, 4.69) is 18.3 Å². The van der Waals surface area contributed by atoms with Crippen molar-refractivity contribution < 1.29 is 14.3 Å². The molecule has 0 aliphatic heterocycles. The van der Waals surface area contributed by atoms with Gasteiger partial charge in [-0.3, -0.25) is 4.79 Å². The van der Waals surface area contributed by atoms with Crippen molar-refractivity contribution in [1.82, 2.24) is 5.32 Å². The van der Waals surface area contributed by atoms with Crippen molar-refractivity contribution >= 4 is 5.97 Å². The fraction of sp³-hybridized carbons (Fsp3) is 0.562. The first-order valence-electron chi connectivity index (χ1n) is 6.96. The molecule has 1 aromatic carbocycles. The molecule has 0 bridgehead atoms. The monoisotopic (exact) mass is 279 g/mol. The number of likely N-dealkylation sites (N-methyl/N-ethyl adjacent to an activating group) is 1. The molecule has 112 valence electrons. The van der Waals surface area contributed by atoms with Crippen LogP contribution in [-0.4, -0.2) is 31.8 Å². The Morgan fingerprint density at radius 2 is 2.05 bits per heavy atom. The molecule has 4 nitrogen and oxygen atoms in total. The zero-order valence-electron chi connectivity index (χ0n) is 13.1. The minimum atomic E-state index is -0.706. The second-order valence-electron chi connectivity index (χ2n) is 5.22. The van der Waals surface area contributed by atoms with Crippen molar-refractivity contribution in [3.8, 4) is 5.75 Å². The van der Waals surface area contributed by atoms with Gasteiger partial charge in [0.1, 0.15) is 11.3 Å². The molecule has 0 saturated heterocycles. The molecule has 4 heteroatoms. The van der Waals surface area contributed by atoms with Gasteiger partial charge in [0.05, 0.1) is 13.7 Å². The number of hydrogen-bond acceptors (Lipinski definition) is 4. The summed E-state index contributed by atoms with van der Waals surface area (Å²) in [6, 6.07) is 6.07. The Hall–Kier alpha value is -1.55. The number of methoxy groups -OCH3 is 1. The first-order chi connectivity index (χ1) is 9.42. The SMILES string of the molecule is CCNC(C)(CCOc1ccc(C)cc1C)C(=O)OC. The van der Waals surface area contributed by atoms with E-state index in [4.69, 9.17) is 9.47 Å². The van der Waals surface area contributed by atoms with Gasteiger partial charge < -0.3 is 14.8 Å². The lowest BCUT2D eigenvalue weighted by Gasteiger charge is -2.27. The van der Waals surface area contributed by atoms with Crippen molar-refractivity contribution in [2.75, 3.05) is 20.3 Å². The van der Waals surface area contributed by atoms with Crippen molar-refractivity contribution in [1.29, 1.82) is 0 Å². The Morgan fingerprint density at radius 3 is 2.60 bits per heavy atom. The summed E-state index contributed by atoms with van der Waals surface area (Å²) in [7, 11) is 1.41. The molecule has 1 unspecified atom stereocenters. The molecule has 1 atom stereocenters. The van der Waals surface area contributed by atoms with E-state index in [0.29, 0.717) is 19.6 Å². The van der Waals surface area contributed by atoms with Crippen LogP contribution in [0.1, 0.15) is 31.4 Å². The maximum Gasteiger partial charge on any atom is 0.325 e. The van der Waals surface area contributed by atoms with Crippen molar-refractivity contribution in [3.63, 3.8) is 0 Å². The number of carbonyl (C=O) groups is 1. The molecule has 0 fully saturated rings. The molecule has 0 radical (unpaired) electrons. The summed E-state index contributed by atoms with van der Waals surface area (Å²) in [4.78, 5) is 11.8. The van der Waals surface area contributed by atoms with Crippen LogP contribution >= 0.6 is 0 Å². The van der Waals surface area contributed by atoms with Crippen LogP contribution in [0.4, 0.5) is 0 Å². The Kier molecular flexibility index (Phi) is 6.02. The van der Waals surface area contributed by atoms with Crippen LogP contribution in [0.3, 0.4) is 0 Å². The summed E-state index contributed by atoms with van der Waals surface area (Å²) in [5.41, 5.74) is 1.61. The average molecular weight is 279 g/mol. The molecule has 0 aliphatic carbocycles. The van der Waals surface area contributed by atoms with Gasteiger partial charge in [0.2, 0.25) is 0 Å². The van der Waals surface area contributed by atoms with E-state index in [-0.39, 0.29) is 5.97 Å². The van der Waals surface area contributed by atoms with E-state index in [1.54, 1.807) is 0 Å². The van der Waals surface area contributed by atoms with E-state index < -0.39 is 5.54 Å². The lowest BCUT2D eigenvalue weighted by atomic mass is 9.98. The molecule has 0 aliphatic rings. The maximum atomic E-state index is 11.8. The Labute approximate surface area is 121 Å². The Bertz CT molecular complexity index is 459. The Balaban J connectivity index is 2.62. The highest BCUT2D eigenvalue weighted by atomic mass is 16.5. The van der Waals surface area contributed by atoms with Gasteiger partial charge in [-0.25, -0.2) is 0 Å². The highest BCUT2D eigenvalue weighted by Crippen LogP contribution is 2.20. The highest BCUT2D eigenvalue weighted by Gasteiger charge is 2.33. The predicted molar refractivity (Wildman–Crippen MR) is 80.1 cm³/mol. The summed E-state index contributed by atoms with van der Waals surface area (Å²) in [6.07, 6.45) is 0.556. The molecule has 20 heavy (non-hydrogen) atoms. The zero-order valence-corrected chi connectivity index (χ0v) is 13.1. The van der Waals surface area contributed by atoms with E-state index in [9.17, 15) is 4.79 Å². The molecular formula is C16H25NO3. The number of nitrogens with one attached hydrogen (secondary N) is 1. The molecule has 0 heterocycles. The quantitative estimate of drug-likeness (QED) is 0.779. The van der Waals surface area contributed by atoms with E-state index in [1.165, 1.54) is 12.7 Å². The second kappa shape index (κ2) is 7.29. The smallest absolute Gasteiger partial charge is 0.325 e. The van der Waals surface area contributed by atoms with Gasteiger partial charge >= 0.3 is 5.97 Å². The van der Waals surface area contributed by atoms with Crippen LogP contribution in [-0.2, 0) is 9.53 Å². The third-order valence-electron chi connectivity index (χ3n) is 3.39. The first kappa shape index (κ1) is 16.5. The molecule has 1 aromatic rings. The van der Waals surface area contributed by atoms with Crippen LogP contribution in [0.2, 0.25) is 0 Å². The molecule has 0 amide bonds. The standard InChI is InChI=1S/C16H25NO3/c1-6-17-16(4,15(18)19-5)9-10-20-14-8-7-12(2)11-13(14)3/h7-8,11,17H,6,9-10H2,1-5H3. The van der Waals surface area contributed by atoms with Gasteiger partial charge in [0, 0.05) is 6.42 Å². The molecule has 0 spiro atoms. The van der Waals surface area contributed by atoms with Gasteiger partial charge in [0.15, 0.2) is 0 Å². The summed E-state index contributed by atoms with van der Waals surface area (Å²) in [6.45, 7) is 9.04. The van der Waals surface area contributed by atoms with E-state index >= 15 is 0 Å². The van der Waals surface area contributed by atoms with Crippen LogP contribution in [0.15, 0.2) is 18.2 Å². The fourth-order valence-corrected chi connectivity index (χ4v) is 2.20. The largest absolute Gasteiger partial charge is 0.493 e. The van der Waals surface area contributed by atoms with Crippen molar-refractivity contribution in [3.05, 3.63) is 29.3 Å². The number of aryl methyl sites for hydroxylation is 2. The van der Waals surface area contributed by atoms with Gasteiger partial charge in [0.25, 0.3) is 0 Å². The normalized spacial score (nSPS) is 13.7. The number of benzene rings is 1. The lowest BCUT2D eigenvalue weighted by molar-refractivity contribution is -0.148. The van der Waals surface area contributed by atoms with E-state index in [0.717, 1.165) is 11.3 Å². The predicted octanol–water partition coefficient (Wildman–Crippen LogP) is 2.61. The minimum absolute atomic E-state index is 0.261. The summed E-state index contributed by atoms with van der Waals surface area (Å²) in [5, 5.41) is 3.17. The number of rotatable bonds is 7. The number of hydrogen-bond donors (Lipinski definition) is 1. The number of carbonyl (C=O) groups excluding carboxylic acids is 1. The third kappa shape index (κ3) is 4.23. The zero-order chi connectivity index (χ0) is 15.2. The molecule has 0 aromatic heterocycles. The Morgan fingerprint density at radius 1 is 1.35 bits per heavy atom. The summed E-state index contributed by atoms with van der Waals surface area (Å²) in [5.74, 6) is 0.600. The highest BCUT2D eigenvalue weighted by molar-refractivity contribution is 5.80. The van der Waals surface area contributed by atoms with Crippen LogP contribution in [0, 0.1) is 13.8 Å². The lowest BCUT2D eigenvalue weighted by Crippen LogP contribution is -2.51. The van der Waals surface area contributed by atoms with Gasteiger partial charge in [-0.05, 0) is 38.9 Å². The van der Waals surface area contributed by atoms with Crippen molar-refractivity contribution in [2.24, 2.45) is 0 Å². The second-order valence-corrected chi connectivity index (χ2v) is 5.22. The fourth-order valence-electron chi connectivity index (χ4n) is 2.20. The molecule has 1 N–H and O–H groups in total. The maximum absolute atomic E-state index is 11.8. The van der Waals surface area contributed by atoms with Gasteiger partial charge in [-0.2, -0.15) is 0 Å². The average Bonchev–Trinajstić information content (AvgIpc) is 2.40. The van der Waals surface area contributed by atoms with Gasteiger partial charge in [-0.1, -0.05) is 24.6 Å². The third-order valence-corrected chi connectivity index (χ3v) is 3.39. The van der Waals surface area contributed by atoms with Crippen molar-refractivity contribution in [2.45, 2.75) is 39.7 Å². The first-order valence-corrected chi connectivity index (χ1v) is 6.96. The number of esters is 1. The summed E-state index contributed by atoms with van der Waals surface area (Å²) >= 11 is 0. The molecular weight excluding hydrogens is 254 g/mol. The van der Waals surface area contributed by atoms with Gasteiger partial charge in [-0.15, -0.1) is 0 Å². The molecule has 0 saturated carbocycles. The minimum Gasteiger partial charge on any atom is -0.493 e. The molecule has 1 rings (SSSR count). The summed E-state index contributed by atoms with van der Waals surface area (Å²) < 4.78 is 10.6. The van der Waals surface area contributed by atoms with Crippen LogP contribution in [0.25, 0.3) is 0 Å². The van der Waals surface area contributed by atoms with E-state index in [1.807, 2.05) is 32.9 Å². The van der Waals surface area contributed by atoms with Crippen LogP contribution in [0.5, 0.6) is 5.75 Å². The topological polar surface area (TPSA) is 47.6 Å². The number of ether oxygens (including phenoxy) is 2. The van der Waals surface area contributed by atoms with Crippen LogP contribution < -0.4 is 10.1 Å².